The molecule has 7 heteroatoms. The summed E-state index contributed by atoms with van der Waals surface area (Å²) in [4.78, 5) is 26.2. The van der Waals surface area contributed by atoms with Crippen molar-refractivity contribution in [2.45, 2.75) is 57.6 Å². The third kappa shape index (κ3) is 4.74. The smallest absolute Gasteiger partial charge is 0.330 e. The van der Waals surface area contributed by atoms with Crippen LogP contribution in [0.2, 0.25) is 0 Å². The molecular formula is C20H27N3O4. The van der Waals surface area contributed by atoms with Crippen LogP contribution in [0.15, 0.2) is 46.1 Å². The predicted molar refractivity (Wildman–Crippen MR) is 103 cm³/mol. The highest BCUT2D eigenvalue weighted by Gasteiger charge is 2.35. The molecule has 0 radical (unpaired) electrons. The Kier molecular flexibility index (Phi) is 6.26. The summed E-state index contributed by atoms with van der Waals surface area (Å²) in [6.07, 6.45) is 1.60. The zero-order valence-corrected chi connectivity index (χ0v) is 15.7. The van der Waals surface area contributed by atoms with E-state index < -0.39 is 24.1 Å². The standard InChI is InChI=1S/C20H27N3O4/c1-3-15-12-23(20(26)22-19(15)25)18-10-16(24)17(27-18)11-21-13(2)9-14-7-5-4-6-8-14/h4-8,12-13,16-18,21,24H,3,9-11H2,1-2H3,(H,22,25,26)/t13?,16?,17-,18-/m0/s1. The number of rotatable bonds is 7. The van der Waals surface area contributed by atoms with Crippen molar-refractivity contribution in [3.8, 4) is 0 Å². The Hall–Kier alpha value is -2.22. The van der Waals surface area contributed by atoms with Gasteiger partial charge in [0.05, 0.1) is 12.2 Å². The van der Waals surface area contributed by atoms with Crippen LogP contribution in [-0.2, 0) is 17.6 Å². The maximum Gasteiger partial charge on any atom is 0.330 e. The fourth-order valence-electron chi connectivity index (χ4n) is 3.42. The monoisotopic (exact) mass is 373 g/mol. The number of aliphatic hydroxyl groups is 1. The Balaban J connectivity index is 1.60. The number of aliphatic hydroxyl groups excluding tert-OH is 1. The van der Waals surface area contributed by atoms with E-state index in [0.717, 1.165) is 6.42 Å². The summed E-state index contributed by atoms with van der Waals surface area (Å²) in [6.45, 7) is 4.43. The third-order valence-electron chi connectivity index (χ3n) is 4.99. The lowest BCUT2D eigenvalue weighted by Crippen LogP contribution is -2.39. The maximum atomic E-state index is 12.1. The van der Waals surface area contributed by atoms with Crippen LogP contribution in [0, 0.1) is 0 Å². The number of aromatic amines is 1. The third-order valence-corrected chi connectivity index (χ3v) is 4.99. The molecule has 2 unspecified atom stereocenters. The van der Waals surface area contributed by atoms with Crippen LogP contribution in [-0.4, -0.2) is 39.5 Å². The number of hydrogen-bond acceptors (Lipinski definition) is 5. The van der Waals surface area contributed by atoms with Gasteiger partial charge in [-0.05, 0) is 25.3 Å². The molecule has 1 saturated heterocycles. The van der Waals surface area contributed by atoms with Crippen molar-refractivity contribution >= 4 is 0 Å². The molecule has 1 fully saturated rings. The normalized spacial score (nSPS) is 23.4. The first-order chi connectivity index (χ1) is 13.0. The Morgan fingerprint density at radius 1 is 1.33 bits per heavy atom. The van der Waals surface area contributed by atoms with Gasteiger partial charge in [-0.25, -0.2) is 4.79 Å². The van der Waals surface area contributed by atoms with Crippen LogP contribution >= 0.6 is 0 Å². The highest BCUT2D eigenvalue weighted by molar-refractivity contribution is 5.15. The van der Waals surface area contributed by atoms with E-state index in [0.29, 0.717) is 24.9 Å². The molecule has 0 spiro atoms. The van der Waals surface area contributed by atoms with Crippen LogP contribution < -0.4 is 16.6 Å². The number of nitrogens with zero attached hydrogens (tertiary/aromatic N) is 1. The largest absolute Gasteiger partial charge is 0.390 e. The van der Waals surface area contributed by atoms with Gasteiger partial charge >= 0.3 is 5.69 Å². The van der Waals surface area contributed by atoms with E-state index in [2.05, 4.69) is 29.4 Å². The molecule has 2 heterocycles. The van der Waals surface area contributed by atoms with Gasteiger partial charge < -0.3 is 15.2 Å². The molecule has 1 aromatic heterocycles. The summed E-state index contributed by atoms with van der Waals surface area (Å²) in [6, 6.07) is 10.4. The Morgan fingerprint density at radius 2 is 2.07 bits per heavy atom. The Morgan fingerprint density at radius 3 is 2.78 bits per heavy atom. The van der Waals surface area contributed by atoms with Crippen LogP contribution in [0.25, 0.3) is 0 Å². The topological polar surface area (TPSA) is 96.3 Å². The fraction of sp³-hybridized carbons (Fsp3) is 0.500. The van der Waals surface area contributed by atoms with Crippen LogP contribution in [0.5, 0.6) is 0 Å². The molecule has 2 aromatic rings. The van der Waals surface area contributed by atoms with Crippen molar-refractivity contribution in [2.75, 3.05) is 6.54 Å². The number of nitrogens with one attached hydrogen (secondary N) is 2. The SMILES string of the molecule is CCc1cn([C@@H]2CC(O)[C@H](CNC(C)Cc3ccccc3)O2)c(=O)[nH]c1=O. The average Bonchev–Trinajstić information content (AvgIpc) is 3.01. The lowest BCUT2D eigenvalue weighted by atomic mass is 10.1. The molecule has 3 N–H and O–H groups in total. The minimum absolute atomic E-state index is 0.227. The van der Waals surface area contributed by atoms with Gasteiger partial charge in [-0.15, -0.1) is 0 Å². The Labute approximate surface area is 158 Å². The summed E-state index contributed by atoms with van der Waals surface area (Å²) in [5.41, 5.74) is 0.881. The molecule has 0 bridgehead atoms. The minimum Gasteiger partial charge on any atom is -0.390 e. The lowest BCUT2D eigenvalue weighted by molar-refractivity contribution is -0.0202. The van der Waals surface area contributed by atoms with Gasteiger partial charge in [0.25, 0.3) is 5.56 Å². The minimum atomic E-state index is -0.671. The van der Waals surface area contributed by atoms with Gasteiger partial charge in [0.15, 0.2) is 0 Å². The van der Waals surface area contributed by atoms with Gasteiger partial charge in [-0.3, -0.25) is 14.3 Å². The quantitative estimate of drug-likeness (QED) is 0.672. The van der Waals surface area contributed by atoms with E-state index in [1.165, 1.54) is 16.3 Å². The molecule has 0 aliphatic carbocycles. The number of benzene rings is 1. The van der Waals surface area contributed by atoms with Crippen molar-refractivity contribution in [3.05, 3.63) is 68.5 Å². The maximum absolute atomic E-state index is 12.1. The second kappa shape index (κ2) is 8.65. The highest BCUT2D eigenvalue weighted by atomic mass is 16.5. The van der Waals surface area contributed by atoms with E-state index in [1.54, 1.807) is 0 Å². The summed E-state index contributed by atoms with van der Waals surface area (Å²) in [5, 5.41) is 13.7. The highest BCUT2D eigenvalue weighted by Crippen LogP contribution is 2.27. The van der Waals surface area contributed by atoms with Crippen molar-refractivity contribution in [2.24, 2.45) is 0 Å². The fourth-order valence-corrected chi connectivity index (χ4v) is 3.42. The number of ether oxygens (including phenoxy) is 1. The predicted octanol–water partition coefficient (Wildman–Crippen LogP) is 0.968. The van der Waals surface area contributed by atoms with Crippen LogP contribution in [0.3, 0.4) is 0 Å². The van der Waals surface area contributed by atoms with Crippen molar-refractivity contribution in [1.82, 2.24) is 14.9 Å². The first-order valence-electron chi connectivity index (χ1n) is 9.43. The van der Waals surface area contributed by atoms with Crippen LogP contribution in [0.1, 0.15) is 37.6 Å². The summed E-state index contributed by atoms with van der Waals surface area (Å²) >= 11 is 0. The van der Waals surface area contributed by atoms with E-state index in [1.807, 2.05) is 25.1 Å². The number of hydrogen-bond donors (Lipinski definition) is 3. The molecule has 7 nitrogen and oxygen atoms in total. The van der Waals surface area contributed by atoms with Crippen LogP contribution in [0.4, 0.5) is 0 Å². The van der Waals surface area contributed by atoms with E-state index in [9.17, 15) is 14.7 Å². The van der Waals surface area contributed by atoms with Crippen molar-refractivity contribution < 1.29 is 9.84 Å². The lowest BCUT2D eigenvalue weighted by Gasteiger charge is -2.20. The summed E-state index contributed by atoms with van der Waals surface area (Å²) in [7, 11) is 0. The molecule has 3 rings (SSSR count). The second-order valence-corrected chi connectivity index (χ2v) is 7.11. The number of aromatic nitrogens is 2. The van der Waals surface area contributed by atoms with E-state index >= 15 is 0 Å². The number of H-pyrrole nitrogens is 1. The molecule has 1 aliphatic rings. The first kappa shape index (κ1) is 19.5. The van der Waals surface area contributed by atoms with E-state index in [-0.39, 0.29) is 11.6 Å². The van der Waals surface area contributed by atoms with Crippen molar-refractivity contribution in [3.63, 3.8) is 0 Å². The zero-order valence-electron chi connectivity index (χ0n) is 15.7. The molecule has 27 heavy (non-hydrogen) atoms. The number of aryl methyl sites for hydroxylation is 1. The molecular weight excluding hydrogens is 346 g/mol. The summed E-state index contributed by atoms with van der Waals surface area (Å²) < 4.78 is 7.28. The van der Waals surface area contributed by atoms with Gasteiger partial charge in [0.1, 0.15) is 6.23 Å². The summed E-state index contributed by atoms with van der Waals surface area (Å²) in [5.74, 6) is 0. The molecule has 4 atom stereocenters. The van der Waals surface area contributed by atoms with Gasteiger partial charge in [0.2, 0.25) is 0 Å². The molecule has 146 valence electrons. The Bertz CT molecular complexity index is 862. The first-order valence-corrected chi connectivity index (χ1v) is 9.43. The zero-order chi connectivity index (χ0) is 19.4. The molecule has 0 saturated carbocycles. The van der Waals surface area contributed by atoms with E-state index in [4.69, 9.17) is 4.74 Å². The molecule has 1 aromatic carbocycles. The van der Waals surface area contributed by atoms with Gasteiger partial charge in [-0.1, -0.05) is 37.3 Å². The molecule has 1 aliphatic heterocycles. The van der Waals surface area contributed by atoms with Crippen molar-refractivity contribution in [1.29, 1.82) is 0 Å². The van der Waals surface area contributed by atoms with Gasteiger partial charge in [-0.2, -0.15) is 0 Å². The second-order valence-electron chi connectivity index (χ2n) is 7.11. The molecule has 0 amide bonds. The average molecular weight is 373 g/mol. The van der Waals surface area contributed by atoms with Gasteiger partial charge in [0, 0.05) is 30.8 Å².